The van der Waals surface area contributed by atoms with Crippen molar-refractivity contribution < 1.29 is 26.2 Å². The third-order valence-corrected chi connectivity index (χ3v) is 0.807. The van der Waals surface area contributed by atoms with Gasteiger partial charge in [-0.25, -0.2) is 26.0 Å². The Morgan fingerprint density at radius 2 is 0.933 bits per heavy atom. The van der Waals surface area contributed by atoms with Crippen LogP contribution in [0.25, 0.3) is 0 Å². The van der Waals surface area contributed by atoms with E-state index in [0.717, 1.165) is 0 Å². The standard InChI is InChI=1S/2C5H10N.2CH3.Zr/c2*1-4-5-6(2)3;;;/h2*4-5H,1H2,2-3H3;2*1H3;/q4*-1;+4/b2*5-4+;;;. The fourth-order valence-corrected chi connectivity index (χ4v) is 0.422. The molecule has 0 bridgehead atoms. The molecule has 0 aliphatic rings. The molecule has 88 valence electrons. The van der Waals surface area contributed by atoms with Gasteiger partial charge in [0.15, 0.2) is 0 Å². The Morgan fingerprint density at radius 3 is 0.933 bits per heavy atom. The molecule has 0 aliphatic carbocycles. The van der Waals surface area contributed by atoms with Crippen molar-refractivity contribution in [3.05, 3.63) is 53.3 Å². The monoisotopic (exact) mass is 288 g/mol. The molecule has 3 heteroatoms. The first-order chi connectivity index (χ1) is 5.54. The summed E-state index contributed by atoms with van der Waals surface area (Å²) in [6.07, 6.45) is 7.28. The molecule has 0 atom stereocenters. The second-order valence-corrected chi connectivity index (χ2v) is 2.70. The predicted molar refractivity (Wildman–Crippen MR) is 69.2 cm³/mol. The van der Waals surface area contributed by atoms with Crippen LogP contribution in [0.15, 0.2) is 24.6 Å². The fourth-order valence-electron chi connectivity index (χ4n) is 0.422. The van der Waals surface area contributed by atoms with Crippen LogP contribution in [0, 0.1) is 28.7 Å². The fraction of sp³-hybridized carbons (Fsp3) is 0.333. The zero-order valence-corrected chi connectivity index (χ0v) is 13.6. The molecule has 0 saturated carbocycles. The largest absolute Gasteiger partial charge is 4.00 e. The predicted octanol–water partition coefficient (Wildman–Crippen LogP) is 2.69. The van der Waals surface area contributed by atoms with Crippen LogP contribution in [0.2, 0.25) is 0 Å². The van der Waals surface area contributed by atoms with Crippen molar-refractivity contribution in [3.63, 3.8) is 0 Å². The SMILES string of the molecule is [CH2-]/C=C/N(C)C.[CH2-]/C=C/N(C)C.[CH3-].[CH3-].[Zr+4]. The molecule has 0 radical (unpaired) electrons. The van der Waals surface area contributed by atoms with Gasteiger partial charge in [-0.05, 0) is 28.2 Å². The number of nitrogens with zero attached hydrogens (tertiary/aromatic N) is 2. The second-order valence-electron chi connectivity index (χ2n) is 2.70. The minimum atomic E-state index is 0. The van der Waals surface area contributed by atoms with E-state index in [2.05, 4.69) is 13.8 Å². The van der Waals surface area contributed by atoms with Crippen LogP contribution in [0.1, 0.15) is 0 Å². The molecule has 0 aromatic heterocycles. The Labute approximate surface area is 117 Å². The Morgan fingerprint density at radius 1 is 0.733 bits per heavy atom. The van der Waals surface area contributed by atoms with Crippen LogP contribution in [0.3, 0.4) is 0 Å². The molecule has 0 heterocycles. The zero-order chi connectivity index (χ0) is 9.98. The first-order valence-electron chi connectivity index (χ1n) is 3.79. The van der Waals surface area contributed by atoms with Gasteiger partial charge in [0.2, 0.25) is 0 Å². The third-order valence-electron chi connectivity index (χ3n) is 0.807. The van der Waals surface area contributed by atoms with Gasteiger partial charge in [0.1, 0.15) is 0 Å². The van der Waals surface area contributed by atoms with Crippen LogP contribution in [-0.4, -0.2) is 38.0 Å². The first kappa shape index (κ1) is 29.3. The van der Waals surface area contributed by atoms with E-state index < -0.39 is 0 Å². The van der Waals surface area contributed by atoms with Gasteiger partial charge in [0.25, 0.3) is 0 Å². The molecule has 0 spiro atoms. The Kier molecular flexibility index (Phi) is 45.9. The summed E-state index contributed by atoms with van der Waals surface area (Å²) >= 11 is 0. The summed E-state index contributed by atoms with van der Waals surface area (Å²) in [5, 5.41) is 0. The number of hydrogen-bond donors (Lipinski definition) is 0. The van der Waals surface area contributed by atoms with Gasteiger partial charge in [-0.2, -0.15) is 12.4 Å². The molecule has 0 N–H and O–H groups in total. The summed E-state index contributed by atoms with van der Waals surface area (Å²) in [6.45, 7) is 7.01. The maximum atomic E-state index is 3.50. The van der Waals surface area contributed by atoms with Crippen LogP contribution in [-0.2, 0) is 26.2 Å². The summed E-state index contributed by atoms with van der Waals surface area (Å²) in [6, 6.07) is 0. The van der Waals surface area contributed by atoms with Gasteiger partial charge in [0.05, 0.1) is 0 Å². The van der Waals surface area contributed by atoms with E-state index in [4.69, 9.17) is 0 Å². The molecule has 15 heavy (non-hydrogen) atoms. The van der Waals surface area contributed by atoms with E-state index >= 15 is 0 Å². The third kappa shape index (κ3) is 57.7. The molecular weight excluding hydrogens is 263 g/mol. The van der Waals surface area contributed by atoms with E-state index in [-0.39, 0.29) is 41.1 Å². The number of allylic oxidation sites excluding steroid dienone is 2. The van der Waals surface area contributed by atoms with E-state index in [1.807, 2.05) is 50.4 Å². The van der Waals surface area contributed by atoms with Crippen molar-refractivity contribution in [1.82, 2.24) is 9.80 Å². The Hall–Kier alpha value is -0.297. The molecule has 0 saturated heterocycles. The second kappa shape index (κ2) is 23.5. The maximum absolute atomic E-state index is 3.50. The van der Waals surface area contributed by atoms with Crippen molar-refractivity contribution in [2.75, 3.05) is 28.2 Å². The first-order valence-corrected chi connectivity index (χ1v) is 3.79. The van der Waals surface area contributed by atoms with Gasteiger partial charge in [-0.1, -0.05) is 0 Å². The van der Waals surface area contributed by atoms with Crippen LogP contribution in [0.4, 0.5) is 0 Å². The van der Waals surface area contributed by atoms with E-state index in [0.29, 0.717) is 0 Å². The van der Waals surface area contributed by atoms with E-state index in [1.165, 1.54) is 0 Å². The normalized spacial score (nSPS) is 7.73. The van der Waals surface area contributed by atoms with E-state index in [9.17, 15) is 0 Å². The Bertz CT molecular complexity index is 114. The maximum Gasteiger partial charge on any atom is 4.00 e. The number of hydrogen-bond acceptors (Lipinski definition) is 2. The molecule has 0 aliphatic heterocycles. The minimum Gasteiger partial charge on any atom is -0.460 e. The summed E-state index contributed by atoms with van der Waals surface area (Å²) in [5.74, 6) is 0. The van der Waals surface area contributed by atoms with Crippen molar-refractivity contribution in [3.8, 4) is 0 Å². The average Bonchev–Trinajstić information content (AvgIpc) is 1.87. The topological polar surface area (TPSA) is 6.48 Å². The number of rotatable bonds is 2. The van der Waals surface area contributed by atoms with Crippen molar-refractivity contribution in [2.24, 2.45) is 0 Å². The molecule has 0 amide bonds. The van der Waals surface area contributed by atoms with Gasteiger partial charge < -0.3 is 24.7 Å². The molecule has 2 nitrogen and oxygen atoms in total. The van der Waals surface area contributed by atoms with E-state index in [1.54, 1.807) is 12.2 Å². The van der Waals surface area contributed by atoms with Gasteiger partial charge in [0, 0.05) is 0 Å². The van der Waals surface area contributed by atoms with Crippen LogP contribution in [0.5, 0.6) is 0 Å². The van der Waals surface area contributed by atoms with Crippen LogP contribution >= 0.6 is 0 Å². The molecule has 0 rings (SSSR count). The molecule has 0 aromatic carbocycles. The zero-order valence-electron chi connectivity index (χ0n) is 11.1. The summed E-state index contributed by atoms with van der Waals surface area (Å²) in [5.41, 5.74) is 0. The van der Waals surface area contributed by atoms with Crippen molar-refractivity contribution >= 4 is 0 Å². The smallest absolute Gasteiger partial charge is 0.460 e. The molecular formula is C12H26N2Zr. The van der Waals surface area contributed by atoms with Crippen molar-refractivity contribution in [1.29, 1.82) is 0 Å². The van der Waals surface area contributed by atoms with Gasteiger partial charge >= 0.3 is 26.2 Å². The summed E-state index contributed by atoms with van der Waals surface area (Å²) < 4.78 is 0. The molecule has 0 aromatic rings. The summed E-state index contributed by atoms with van der Waals surface area (Å²) in [7, 11) is 7.84. The molecule has 0 unspecified atom stereocenters. The quantitative estimate of drug-likeness (QED) is 0.721. The van der Waals surface area contributed by atoms with Crippen molar-refractivity contribution in [2.45, 2.75) is 0 Å². The van der Waals surface area contributed by atoms with Gasteiger partial charge in [-0.3, -0.25) is 0 Å². The van der Waals surface area contributed by atoms with Gasteiger partial charge in [-0.15, -0.1) is 0 Å². The molecule has 0 fully saturated rings. The average molecular weight is 290 g/mol. The Balaban J connectivity index is -0.0000000370. The summed E-state index contributed by atoms with van der Waals surface area (Å²) in [4.78, 5) is 3.88. The minimum absolute atomic E-state index is 0. The van der Waals surface area contributed by atoms with Crippen LogP contribution < -0.4 is 0 Å².